The monoisotopic (exact) mass is 221 g/mol. The Bertz CT molecular complexity index is 440. The lowest BCUT2D eigenvalue weighted by Crippen LogP contribution is -2.02. The van der Waals surface area contributed by atoms with Crippen molar-refractivity contribution in [3.8, 4) is 0 Å². The third-order valence-corrected chi connectivity index (χ3v) is 1.90. The van der Waals surface area contributed by atoms with Crippen LogP contribution < -0.4 is 5.32 Å². The zero-order chi connectivity index (χ0) is 12.0. The number of azide groups is 1. The molecule has 0 aliphatic heterocycles. The minimum absolute atomic E-state index is 0.0849. The second-order valence-electron chi connectivity index (χ2n) is 3.07. The molecule has 0 aromatic heterocycles. The maximum Gasteiger partial charge on any atom is 0.292 e. The fourth-order valence-electron chi connectivity index (χ4n) is 1.19. The molecule has 16 heavy (non-hydrogen) atoms. The van der Waals surface area contributed by atoms with E-state index in [9.17, 15) is 10.1 Å². The molecule has 0 saturated heterocycles. The van der Waals surface area contributed by atoms with Crippen LogP contribution in [0, 0.1) is 10.1 Å². The number of benzene rings is 1. The summed E-state index contributed by atoms with van der Waals surface area (Å²) in [6, 6.07) is 4.32. The molecule has 0 radical (unpaired) electrons. The van der Waals surface area contributed by atoms with Gasteiger partial charge in [-0.25, -0.2) is 0 Å². The van der Waals surface area contributed by atoms with E-state index in [-0.39, 0.29) is 11.4 Å². The molecule has 84 valence electrons. The van der Waals surface area contributed by atoms with E-state index in [2.05, 4.69) is 15.3 Å². The van der Waals surface area contributed by atoms with Crippen LogP contribution in [0.2, 0.25) is 0 Å². The number of hydrogen-bond acceptors (Lipinski definition) is 4. The highest BCUT2D eigenvalue weighted by Gasteiger charge is 2.13. The van der Waals surface area contributed by atoms with Gasteiger partial charge in [0, 0.05) is 23.2 Å². The average molecular weight is 221 g/mol. The molecule has 7 nitrogen and oxygen atoms in total. The Morgan fingerprint density at radius 1 is 1.62 bits per heavy atom. The average Bonchev–Trinajstić information content (AvgIpc) is 2.27. The van der Waals surface area contributed by atoms with Crippen molar-refractivity contribution in [3.63, 3.8) is 0 Å². The quantitative estimate of drug-likeness (QED) is 0.271. The molecule has 1 aromatic rings. The molecule has 0 aliphatic rings. The number of anilines is 1. The summed E-state index contributed by atoms with van der Waals surface area (Å²) in [6.07, 6.45) is 0.870. The van der Waals surface area contributed by atoms with Crippen molar-refractivity contribution in [3.05, 3.63) is 38.8 Å². The van der Waals surface area contributed by atoms with Crippen molar-refractivity contribution in [2.45, 2.75) is 13.3 Å². The van der Waals surface area contributed by atoms with Crippen LogP contribution in [0.25, 0.3) is 10.4 Å². The molecule has 1 rings (SSSR count). The largest absolute Gasteiger partial charge is 0.380 e. The van der Waals surface area contributed by atoms with Gasteiger partial charge in [-0.1, -0.05) is 18.1 Å². The van der Waals surface area contributed by atoms with E-state index in [0.717, 1.165) is 6.42 Å². The third-order valence-electron chi connectivity index (χ3n) is 1.90. The van der Waals surface area contributed by atoms with E-state index in [4.69, 9.17) is 5.53 Å². The second-order valence-corrected chi connectivity index (χ2v) is 3.07. The van der Waals surface area contributed by atoms with Gasteiger partial charge in [-0.05, 0) is 18.0 Å². The predicted molar refractivity (Wildman–Crippen MR) is 60.7 cm³/mol. The lowest BCUT2D eigenvalue weighted by atomic mass is 10.2. The summed E-state index contributed by atoms with van der Waals surface area (Å²) < 4.78 is 0. The molecule has 0 spiro atoms. The summed E-state index contributed by atoms with van der Waals surface area (Å²) >= 11 is 0. The van der Waals surface area contributed by atoms with Gasteiger partial charge in [0.15, 0.2) is 0 Å². The summed E-state index contributed by atoms with van der Waals surface area (Å²) in [7, 11) is 0. The van der Waals surface area contributed by atoms with Gasteiger partial charge in [-0.2, -0.15) is 0 Å². The smallest absolute Gasteiger partial charge is 0.292 e. The molecule has 1 N–H and O–H groups in total. The molecule has 0 amide bonds. The minimum Gasteiger partial charge on any atom is -0.380 e. The Hall–Kier alpha value is -2.27. The standard InChI is InChI=1S/C9H11N5O2/c1-2-5-11-8-4-3-7(12-13-10)6-9(8)14(15)16/h3-4,6,11H,2,5H2,1H3. The van der Waals surface area contributed by atoms with Crippen LogP contribution in [0.3, 0.4) is 0 Å². The van der Waals surface area contributed by atoms with Crippen LogP contribution in [0.4, 0.5) is 17.1 Å². The first-order valence-corrected chi connectivity index (χ1v) is 4.76. The molecule has 0 fully saturated rings. The highest BCUT2D eigenvalue weighted by Crippen LogP contribution is 2.29. The van der Waals surface area contributed by atoms with E-state index in [1.165, 1.54) is 18.2 Å². The van der Waals surface area contributed by atoms with Crippen LogP contribution in [-0.2, 0) is 0 Å². The molecule has 0 atom stereocenters. The van der Waals surface area contributed by atoms with Crippen molar-refractivity contribution < 1.29 is 4.92 Å². The number of nitro benzene ring substituents is 1. The Balaban J connectivity index is 3.08. The van der Waals surface area contributed by atoms with Crippen molar-refractivity contribution in [2.75, 3.05) is 11.9 Å². The third kappa shape index (κ3) is 2.86. The van der Waals surface area contributed by atoms with Gasteiger partial charge in [-0.15, -0.1) is 0 Å². The second kappa shape index (κ2) is 5.57. The minimum atomic E-state index is -0.506. The first-order valence-electron chi connectivity index (χ1n) is 4.76. The topological polar surface area (TPSA) is 104 Å². The van der Waals surface area contributed by atoms with Gasteiger partial charge in [0.05, 0.1) is 4.92 Å². The molecular weight excluding hydrogens is 210 g/mol. The zero-order valence-corrected chi connectivity index (χ0v) is 8.75. The molecule has 0 bridgehead atoms. The van der Waals surface area contributed by atoms with Gasteiger partial charge in [-0.3, -0.25) is 10.1 Å². The number of nitrogens with zero attached hydrogens (tertiary/aromatic N) is 4. The highest BCUT2D eigenvalue weighted by atomic mass is 16.6. The van der Waals surface area contributed by atoms with Gasteiger partial charge in [0.1, 0.15) is 5.69 Å². The van der Waals surface area contributed by atoms with Crippen molar-refractivity contribution in [2.24, 2.45) is 5.11 Å². The number of hydrogen-bond donors (Lipinski definition) is 1. The van der Waals surface area contributed by atoms with E-state index in [1.54, 1.807) is 0 Å². The van der Waals surface area contributed by atoms with E-state index < -0.39 is 4.92 Å². The van der Waals surface area contributed by atoms with Gasteiger partial charge in [0.2, 0.25) is 0 Å². The first-order chi connectivity index (χ1) is 7.69. The lowest BCUT2D eigenvalue weighted by molar-refractivity contribution is -0.383. The summed E-state index contributed by atoms with van der Waals surface area (Å²) in [6.45, 7) is 2.62. The molecule has 0 heterocycles. The number of rotatable bonds is 5. The molecular formula is C9H11N5O2. The van der Waals surface area contributed by atoms with Crippen LogP contribution in [-0.4, -0.2) is 11.5 Å². The fraction of sp³-hybridized carbons (Fsp3) is 0.333. The molecule has 0 saturated carbocycles. The normalized spacial score (nSPS) is 9.31. The van der Waals surface area contributed by atoms with Gasteiger partial charge in [0.25, 0.3) is 5.69 Å². The van der Waals surface area contributed by atoms with E-state index in [0.29, 0.717) is 12.2 Å². The Labute approximate surface area is 91.9 Å². The Morgan fingerprint density at radius 2 is 2.38 bits per heavy atom. The first kappa shape index (κ1) is 11.8. The zero-order valence-electron chi connectivity index (χ0n) is 8.75. The Kier molecular flexibility index (Phi) is 4.11. The molecule has 0 unspecified atom stereocenters. The fourth-order valence-corrected chi connectivity index (χ4v) is 1.19. The van der Waals surface area contributed by atoms with Crippen LogP contribution in [0.5, 0.6) is 0 Å². The summed E-state index contributed by atoms with van der Waals surface area (Å²) in [5, 5.41) is 17.0. The van der Waals surface area contributed by atoms with Crippen LogP contribution >= 0.6 is 0 Å². The highest BCUT2D eigenvalue weighted by molar-refractivity contribution is 5.66. The molecule has 7 heteroatoms. The molecule has 0 aliphatic carbocycles. The van der Waals surface area contributed by atoms with Crippen molar-refractivity contribution in [1.82, 2.24) is 0 Å². The van der Waals surface area contributed by atoms with E-state index >= 15 is 0 Å². The summed E-state index contributed by atoms with van der Waals surface area (Å²) in [4.78, 5) is 12.8. The maximum absolute atomic E-state index is 10.8. The van der Waals surface area contributed by atoms with Crippen LogP contribution in [0.15, 0.2) is 23.3 Å². The number of nitro groups is 1. The Morgan fingerprint density at radius 3 is 2.94 bits per heavy atom. The van der Waals surface area contributed by atoms with Gasteiger partial charge >= 0.3 is 0 Å². The maximum atomic E-state index is 10.8. The van der Waals surface area contributed by atoms with E-state index in [1.807, 2.05) is 6.92 Å². The van der Waals surface area contributed by atoms with Crippen LogP contribution in [0.1, 0.15) is 13.3 Å². The summed E-state index contributed by atoms with van der Waals surface area (Å²) in [5.74, 6) is 0. The SMILES string of the molecule is CCCNc1ccc(N=[N+]=[N-])cc1[N+](=O)[O-]. The number of nitrogens with one attached hydrogen (secondary N) is 1. The van der Waals surface area contributed by atoms with Crippen molar-refractivity contribution in [1.29, 1.82) is 0 Å². The van der Waals surface area contributed by atoms with Crippen molar-refractivity contribution >= 4 is 17.1 Å². The van der Waals surface area contributed by atoms with Gasteiger partial charge < -0.3 is 5.32 Å². The molecule has 1 aromatic carbocycles. The predicted octanol–water partition coefficient (Wildman–Crippen LogP) is 3.36. The summed E-state index contributed by atoms with van der Waals surface area (Å²) in [5.41, 5.74) is 8.81. The lowest BCUT2D eigenvalue weighted by Gasteiger charge is -2.05.